The molecule has 7 nitrogen and oxygen atoms in total. The van der Waals surface area contributed by atoms with Crippen molar-refractivity contribution in [2.45, 2.75) is 31.1 Å². The second kappa shape index (κ2) is 10.0. The van der Waals surface area contributed by atoms with Crippen LogP contribution in [0, 0.1) is 11.6 Å². The zero-order valence-electron chi connectivity index (χ0n) is 19.3. The molecule has 2 aliphatic heterocycles. The molecule has 1 atom stereocenters. The van der Waals surface area contributed by atoms with Crippen molar-refractivity contribution in [3.8, 4) is 0 Å². The molecule has 5 rings (SSSR count). The highest BCUT2D eigenvalue weighted by molar-refractivity contribution is 5.96. The molecule has 0 unspecified atom stereocenters. The smallest absolute Gasteiger partial charge is 0.287 e. The first-order chi connectivity index (χ1) is 16.9. The minimum absolute atomic E-state index is 0.177. The number of hydrogen-bond acceptors (Lipinski definition) is 6. The predicted octanol–water partition coefficient (Wildman–Crippen LogP) is 3.34. The van der Waals surface area contributed by atoms with Gasteiger partial charge in [0.2, 0.25) is 0 Å². The number of likely N-dealkylation sites (tertiary alicyclic amines) is 1. The number of ether oxygens (including phenoxy) is 2. The average molecular weight is 487 g/mol. The summed E-state index contributed by atoms with van der Waals surface area (Å²) in [7, 11) is 0. The maximum Gasteiger partial charge on any atom is 0.287 e. The van der Waals surface area contributed by atoms with Crippen LogP contribution >= 0.6 is 0 Å². The Hall–Kier alpha value is -2.85. The molecule has 0 aliphatic carbocycles. The first-order valence-electron chi connectivity index (χ1n) is 11.8. The molecule has 2 N–H and O–H groups in total. The molecule has 0 spiro atoms. The third-order valence-corrected chi connectivity index (χ3v) is 6.74. The lowest BCUT2D eigenvalue weighted by atomic mass is 9.84. The predicted molar refractivity (Wildman–Crippen MR) is 124 cm³/mol. The Morgan fingerprint density at radius 1 is 1.11 bits per heavy atom. The van der Waals surface area contributed by atoms with E-state index >= 15 is 0 Å². The summed E-state index contributed by atoms with van der Waals surface area (Å²) >= 11 is 0. The molecule has 0 bridgehead atoms. The molecule has 3 heterocycles. The van der Waals surface area contributed by atoms with Gasteiger partial charge in [0.25, 0.3) is 5.91 Å². The van der Waals surface area contributed by atoms with Crippen molar-refractivity contribution in [2.75, 3.05) is 39.5 Å². The lowest BCUT2D eigenvalue weighted by Gasteiger charge is -2.38. The van der Waals surface area contributed by atoms with Crippen LogP contribution in [0.2, 0.25) is 0 Å². The van der Waals surface area contributed by atoms with Crippen molar-refractivity contribution in [3.63, 3.8) is 0 Å². The first-order valence-corrected chi connectivity index (χ1v) is 11.8. The highest BCUT2D eigenvalue weighted by atomic mass is 19.1. The Morgan fingerprint density at radius 3 is 2.69 bits per heavy atom. The number of rotatable bonds is 6. The van der Waals surface area contributed by atoms with E-state index in [0.29, 0.717) is 70.0 Å². The van der Waals surface area contributed by atoms with Gasteiger partial charge in [0, 0.05) is 43.2 Å². The molecule has 2 aliphatic rings. The van der Waals surface area contributed by atoms with E-state index in [9.17, 15) is 18.7 Å². The van der Waals surface area contributed by atoms with Gasteiger partial charge in [-0.1, -0.05) is 12.1 Å². The fraction of sp³-hybridized carbons (Fsp3) is 0.423. The topological polar surface area (TPSA) is 84.2 Å². The number of amides is 1. The summed E-state index contributed by atoms with van der Waals surface area (Å²) in [5.74, 6) is -1.30. The summed E-state index contributed by atoms with van der Waals surface area (Å²) in [5, 5.41) is 14.9. The molecular formula is C26H28F2N2O5. The molecule has 2 saturated heterocycles. The minimum Gasteiger partial charge on any atom is -0.451 e. The number of aliphatic hydroxyl groups is 1. The second-order valence-electron chi connectivity index (χ2n) is 9.18. The van der Waals surface area contributed by atoms with E-state index in [2.05, 4.69) is 5.32 Å². The SMILES string of the molecule is O=C(NC[C@H]1COCCO1)c1cc2cc(C3(O)CCN(Cc4ccc(F)cc4F)CC3)ccc2o1. The molecule has 0 saturated carbocycles. The summed E-state index contributed by atoms with van der Waals surface area (Å²) in [6.07, 6.45) is 0.759. The number of furan rings is 1. The minimum atomic E-state index is -1.04. The lowest BCUT2D eigenvalue weighted by Crippen LogP contribution is -2.42. The van der Waals surface area contributed by atoms with Gasteiger partial charge in [-0.3, -0.25) is 9.69 Å². The van der Waals surface area contributed by atoms with Gasteiger partial charge in [0.1, 0.15) is 17.2 Å². The molecule has 186 valence electrons. The molecule has 35 heavy (non-hydrogen) atoms. The highest BCUT2D eigenvalue weighted by Gasteiger charge is 2.34. The van der Waals surface area contributed by atoms with Gasteiger partial charge in [0.05, 0.1) is 31.5 Å². The zero-order valence-corrected chi connectivity index (χ0v) is 19.3. The summed E-state index contributed by atoms with van der Waals surface area (Å²) in [5.41, 5.74) is 0.705. The monoisotopic (exact) mass is 486 g/mol. The molecule has 9 heteroatoms. The van der Waals surface area contributed by atoms with Crippen LogP contribution in [0.15, 0.2) is 46.9 Å². The van der Waals surface area contributed by atoms with Gasteiger partial charge in [-0.05, 0) is 42.7 Å². The standard InChI is InChI=1S/C26H28F2N2O5/c27-20-3-1-17(22(28)13-20)15-30-7-5-26(32,6-8-30)19-2-4-23-18(11-19)12-24(35-23)25(31)29-14-21-16-33-9-10-34-21/h1-4,11-13,21,32H,5-10,14-16H2,(H,29,31)/t21-/m0/s1. The number of nitrogens with one attached hydrogen (secondary N) is 1. The van der Waals surface area contributed by atoms with Crippen LogP contribution < -0.4 is 5.32 Å². The van der Waals surface area contributed by atoms with E-state index in [0.717, 1.165) is 17.0 Å². The molecule has 3 aromatic rings. The molecule has 0 radical (unpaired) electrons. The number of halogens is 2. The van der Waals surface area contributed by atoms with Crippen molar-refractivity contribution in [3.05, 3.63) is 71.0 Å². The highest BCUT2D eigenvalue weighted by Crippen LogP contribution is 2.35. The van der Waals surface area contributed by atoms with Gasteiger partial charge in [-0.2, -0.15) is 0 Å². The van der Waals surface area contributed by atoms with Gasteiger partial charge < -0.3 is 24.3 Å². The van der Waals surface area contributed by atoms with Crippen molar-refractivity contribution >= 4 is 16.9 Å². The summed E-state index contributed by atoms with van der Waals surface area (Å²) < 4.78 is 43.8. The molecular weight excluding hydrogens is 458 g/mol. The Balaban J connectivity index is 1.22. The van der Waals surface area contributed by atoms with Gasteiger partial charge in [-0.15, -0.1) is 0 Å². The molecule has 2 aromatic carbocycles. The quantitative estimate of drug-likeness (QED) is 0.556. The van der Waals surface area contributed by atoms with Crippen LogP contribution in [0.3, 0.4) is 0 Å². The van der Waals surface area contributed by atoms with Gasteiger partial charge in [0.15, 0.2) is 5.76 Å². The first kappa shape index (κ1) is 23.9. The fourth-order valence-electron chi connectivity index (χ4n) is 4.65. The lowest BCUT2D eigenvalue weighted by molar-refractivity contribution is -0.0856. The molecule has 1 aromatic heterocycles. The summed E-state index contributed by atoms with van der Waals surface area (Å²) in [6, 6.07) is 10.7. The number of benzene rings is 2. The fourth-order valence-corrected chi connectivity index (χ4v) is 4.65. The van der Waals surface area contributed by atoms with Gasteiger partial charge >= 0.3 is 0 Å². The van der Waals surface area contributed by atoms with Crippen molar-refractivity contribution in [1.29, 1.82) is 0 Å². The largest absolute Gasteiger partial charge is 0.451 e. The number of piperidine rings is 1. The van der Waals surface area contributed by atoms with E-state index in [-0.39, 0.29) is 17.8 Å². The number of carbonyl (C=O) groups is 1. The normalized spacial score (nSPS) is 20.7. The van der Waals surface area contributed by atoms with Crippen LogP contribution in [-0.4, -0.2) is 61.5 Å². The number of nitrogens with zero attached hydrogens (tertiary/aromatic N) is 1. The average Bonchev–Trinajstić information content (AvgIpc) is 3.30. The number of hydrogen-bond donors (Lipinski definition) is 2. The maximum absolute atomic E-state index is 14.0. The van der Waals surface area contributed by atoms with Crippen LogP contribution in [0.1, 0.15) is 34.5 Å². The van der Waals surface area contributed by atoms with E-state index in [1.807, 2.05) is 17.0 Å². The molecule has 2 fully saturated rings. The third-order valence-electron chi connectivity index (χ3n) is 6.74. The summed E-state index contributed by atoms with van der Waals surface area (Å²) in [6.45, 7) is 3.34. The Morgan fingerprint density at radius 2 is 1.94 bits per heavy atom. The van der Waals surface area contributed by atoms with E-state index in [1.165, 1.54) is 12.1 Å². The van der Waals surface area contributed by atoms with Crippen molar-refractivity contribution < 1.29 is 32.6 Å². The van der Waals surface area contributed by atoms with Crippen LogP contribution in [-0.2, 0) is 21.6 Å². The summed E-state index contributed by atoms with van der Waals surface area (Å²) in [4.78, 5) is 14.6. The van der Waals surface area contributed by atoms with Crippen LogP contribution in [0.5, 0.6) is 0 Å². The Labute approximate surface area is 201 Å². The van der Waals surface area contributed by atoms with E-state index in [4.69, 9.17) is 13.9 Å². The van der Waals surface area contributed by atoms with Crippen LogP contribution in [0.4, 0.5) is 8.78 Å². The van der Waals surface area contributed by atoms with Crippen molar-refractivity contribution in [1.82, 2.24) is 10.2 Å². The second-order valence-corrected chi connectivity index (χ2v) is 9.18. The number of fused-ring (bicyclic) bond motifs is 1. The molecule has 1 amide bonds. The zero-order chi connectivity index (χ0) is 24.4. The Bertz CT molecular complexity index is 1200. The van der Waals surface area contributed by atoms with Crippen molar-refractivity contribution in [2.24, 2.45) is 0 Å². The Kier molecular flexibility index (Phi) is 6.84. The third kappa shape index (κ3) is 5.38. The van der Waals surface area contributed by atoms with E-state index < -0.39 is 17.2 Å². The van der Waals surface area contributed by atoms with Gasteiger partial charge in [-0.25, -0.2) is 8.78 Å². The number of carbonyl (C=O) groups excluding carboxylic acids is 1. The van der Waals surface area contributed by atoms with E-state index in [1.54, 1.807) is 12.1 Å². The maximum atomic E-state index is 14.0. The van der Waals surface area contributed by atoms with Crippen LogP contribution in [0.25, 0.3) is 11.0 Å².